The number of aromatic nitrogens is 2. The number of nitrogens with zero attached hydrogens (tertiary/aromatic N) is 2. The number of hydrogen-bond acceptors (Lipinski definition) is 5. The summed E-state index contributed by atoms with van der Waals surface area (Å²) in [5.74, 6) is -3.16. The Hall–Kier alpha value is -2.25. The number of rotatable bonds is 4. The van der Waals surface area contributed by atoms with E-state index in [0.717, 1.165) is 6.20 Å². The van der Waals surface area contributed by atoms with Gasteiger partial charge in [-0.25, -0.2) is 4.98 Å². The minimum Gasteiger partial charge on any atom is -0.444 e. The molecule has 1 rings (SSSR count). The fourth-order valence-electron chi connectivity index (χ4n) is 1.06. The van der Waals surface area contributed by atoms with Crippen LogP contribution in [0.5, 0.6) is 0 Å². The Labute approximate surface area is 101 Å². The molecule has 0 atom stereocenters. The van der Waals surface area contributed by atoms with Crippen LogP contribution in [0.25, 0.3) is 0 Å². The third-order valence-electron chi connectivity index (χ3n) is 2.00. The predicted molar refractivity (Wildman–Crippen MR) is 57.9 cm³/mol. The van der Waals surface area contributed by atoms with Gasteiger partial charge in [0, 0.05) is 0 Å². The predicted octanol–water partition coefficient (Wildman–Crippen LogP) is -0.362. The molecule has 7 nitrogen and oxygen atoms in total. The summed E-state index contributed by atoms with van der Waals surface area (Å²) in [4.78, 5) is 36.7. The molecule has 0 unspecified atom stereocenters. The molecule has 0 aliphatic heterocycles. The number of carbonyl (C=O) groups is 2. The smallest absolute Gasteiger partial charge is 0.310 e. The Balaban J connectivity index is 3.00. The summed E-state index contributed by atoms with van der Waals surface area (Å²) in [6.07, 6.45) is 0.725. The minimum atomic E-state index is -1.15. The van der Waals surface area contributed by atoms with Gasteiger partial charge >= 0.3 is 5.97 Å². The van der Waals surface area contributed by atoms with E-state index in [1.54, 1.807) is 13.8 Å². The van der Waals surface area contributed by atoms with E-state index in [4.69, 9.17) is 10.5 Å². The van der Waals surface area contributed by atoms with E-state index < -0.39 is 35.8 Å². The van der Waals surface area contributed by atoms with E-state index in [1.807, 2.05) is 0 Å². The van der Waals surface area contributed by atoms with Crippen molar-refractivity contribution < 1.29 is 18.7 Å². The van der Waals surface area contributed by atoms with Crippen molar-refractivity contribution in [3.05, 3.63) is 28.2 Å². The van der Waals surface area contributed by atoms with Gasteiger partial charge in [-0.1, -0.05) is 13.8 Å². The molecule has 0 spiro atoms. The SMILES string of the molecule is CC(C)C(=O)OCn1cc(F)nc(C(N)=O)c1=O. The molecule has 0 saturated carbocycles. The maximum atomic E-state index is 13.0. The highest BCUT2D eigenvalue weighted by Crippen LogP contribution is 1.98. The lowest BCUT2D eigenvalue weighted by Gasteiger charge is -2.09. The number of primary amides is 1. The summed E-state index contributed by atoms with van der Waals surface area (Å²) in [7, 11) is 0. The van der Waals surface area contributed by atoms with Gasteiger partial charge < -0.3 is 10.5 Å². The summed E-state index contributed by atoms with van der Waals surface area (Å²) in [6.45, 7) is 2.70. The molecule has 18 heavy (non-hydrogen) atoms. The zero-order chi connectivity index (χ0) is 13.9. The maximum Gasteiger partial charge on any atom is 0.310 e. The van der Waals surface area contributed by atoms with Crippen molar-refractivity contribution in [2.24, 2.45) is 11.7 Å². The van der Waals surface area contributed by atoms with Crippen molar-refractivity contribution in [2.75, 3.05) is 0 Å². The maximum absolute atomic E-state index is 13.0. The first-order valence-electron chi connectivity index (χ1n) is 5.06. The fraction of sp³-hybridized carbons (Fsp3) is 0.400. The average molecular weight is 257 g/mol. The van der Waals surface area contributed by atoms with Gasteiger partial charge in [-0.15, -0.1) is 0 Å². The number of halogens is 1. The molecule has 2 N–H and O–H groups in total. The quantitative estimate of drug-likeness (QED) is 0.741. The molecule has 0 bridgehead atoms. The second-order valence-electron chi connectivity index (χ2n) is 3.80. The number of esters is 1. The first-order valence-corrected chi connectivity index (χ1v) is 5.06. The summed E-state index contributed by atoms with van der Waals surface area (Å²) in [5, 5.41) is 0. The van der Waals surface area contributed by atoms with Crippen LogP contribution in [0.15, 0.2) is 11.0 Å². The van der Waals surface area contributed by atoms with Crippen molar-refractivity contribution in [2.45, 2.75) is 20.6 Å². The van der Waals surface area contributed by atoms with Crippen molar-refractivity contribution in [1.82, 2.24) is 9.55 Å². The van der Waals surface area contributed by atoms with Gasteiger partial charge in [0.2, 0.25) is 5.95 Å². The fourth-order valence-corrected chi connectivity index (χ4v) is 1.06. The lowest BCUT2D eigenvalue weighted by Crippen LogP contribution is -2.33. The molecular formula is C10H12FN3O4. The van der Waals surface area contributed by atoms with Gasteiger partial charge in [0.1, 0.15) is 0 Å². The van der Waals surface area contributed by atoms with Crippen LogP contribution < -0.4 is 11.3 Å². The van der Waals surface area contributed by atoms with Crippen molar-refractivity contribution in [3.63, 3.8) is 0 Å². The van der Waals surface area contributed by atoms with Crippen LogP contribution in [0, 0.1) is 11.9 Å². The normalized spacial score (nSPS) is 10.4. The largest absolute Gasteiger partial charge is 0.444 e. The van der Waals surface area contributed by atoms with E-state index >= 15 is 0 Å². The third-order valence-corrected chi connectivity index (χ3v) is 2.00. The molecule has 0 fully saturated rings. The van der Waals surface area contributed by atoms with E-state index in [9.17, 15) is 18.8 Å². The van der Waals surface area contributed by atoms with E-state index in [-0.39, 0.29) is 5.92 Å². The summed E-state index contributed by atoms with van der Waals surface area (Å²) < 4.78 is 18.5. The Morgan fingerprint density at radius 1 is 1.56 bits per heavy atom. The van der Waals surface area contributed by atoms with Crippen LogP contribution in [-0.2, 0) is 16.3 Å². The highest BCUT2D eigenvalue weighted by Gasteiger charge is 2.15. The zero-order valence-electron chi connectivity index (χ0n) is 9.84. The van der Waals surface area contributed by atoms with E-state index in [0.29, 0.717) is 4.57 Å². The molecule has 0 radical (unpaired) electrons. The lowest BCUT2D eigenvalue weighted by molar-refractivity contribution is -0.151. The minimum absolute atomic E-state index is 0.386. The standard InChI is InChI=1S/C10H12FN3O4/c1-5(2)10(17)18-4-14-3-6(11)13-7(8(12)15)9(14)16/h3,5H,4H2,1-2H3,(H2,12,15). The topological polar surface area (TPSA) is 104 Å². The average Bonchev–Trinajstić information content (AvgIpc) is 2.28. The highest BCUT2D eigenvalue weighted by molar-refractivity contribution is 5.90. The number of ether oxygens (including phenoxy) is 1. The van der Waals surface area contributed by atoms with Crippen molar-refractivity contribution in [1.29, 1.82) is 0 Å². The van der Waals surface area contributed by atoms with Crippen LogP contribution in [-0.4, -0.2) is 21.4 Å². The monoisotopic (exact) mass is 257 g/mol. The van der Waals surface area contributed by atoms with Gasteiger partial charge in [-0.05, 0) is 0 Å². The third kappa shape index (κ3) is 3.12. The van der Waals surface area contributed by atoms with Crippen LogP contribution in [0.4, 0.5) is 4.39 Å². The van der Waals surface area contributed by atoms with Gasteiger partial charge in [0.05, 0.1) is 12.1 Å². The van der Waals surface area contributed by atoms with Gasteiger partial charge in [-0.3, -0.25) is 19.0 Å². The number of hydrogen-bond donors (Lipinski definition) is 1. The molecule has 0 saturated heterocycles. The van der Waals surface area contributed by atoms with Crippen molar-refractivity contribution >= 4 is 11.9 Å². The molecule has 8 heteroatoms. The first kappa shape index (κ1) is 13.8. The summed E-state index contributed by atoms with van der Waals surface area (Å²) in [5.41, 5.74) is 3.21. The Morgan fingerprint density at radius 3 is 2.67 bits per heavy atom. The van der Waals surface area contributed by atoms with Crippen molar-refractivity contribution in [3.8, 4) is 0 Å². The van der Waals surface area contributed by atoms with Crippen LogP contribution in [0.2, 0.25) is 0 Å². The zero-order valence-corrected chi connectivity index (χ0v) is 9.84. The summed E-state index contributed by atoms with van der Waals surface area (Å²) >= 11 is 0. The van der Waals surface area contributed by atoms with Crippen LogP contribution >= 0.6 is 0 Å². The molecule has 0 aliphatic rings. The molecule has 1 aromatic rings. The van der Waals surface area contributed by atoms with Gasteiger partial charge in [-0.2, -0.15) is 4.39 Å². The van der Waals surface area contributed by atoms with E-state index in [1.165, 1.54) is 0 Å². The molecular weight excluding hydrogens is 245 g/mol. The van der Waals surface area contributed by atoms with Crippen LogP contribution in [0.3, 0.4) is 0 Å². The molecule has 0 aliphatic carbocycles. The number of nitrogens with two attached hydrogens (primary N) is 1. The molecule has 1 amide bonds. The van der Waals surface area contributed by atoms with E-state index in [2.05, 4.69) is 4.98 Å². The summed E-state index contributed by atoms with van der Waals surface area (Å²) in [6, 6.07) is 0. The van der Waals surface area contributed by atoms with Gasteiger partial charge in [0.15, 0.2) is 12.4 Å². The lowest BCUT2D eigenvalue weighted by atomic mass is 10.2. The van der Waals surface area contributed by atoms with Gasteiger partial charge in [0.25, 0.3) is 11.5 Å². The Bertz CT molecular complexity index is 538. The number of carbonyl (C=O) groups excluding carboxylic acids is 2. The van der Waals surface area contributed by atoms with Crippen LogP contribution in [0.1, 0.15) is 24.3 Å². The molecule has 0 aromatic carbocycles. The first-order chi connectivity index (χ1) is 8.32. The molecule has 1 aromatic heterocycles. The molecule has 98 valence electrons. The Kier molecular flexibility index (Phi) is 4.13. The second-order valence-corrected chi connectivity index (χ2v) is 3.80. The Morgan fingerprint density at radius 2 is 2.17 bits per heavy atom. The highest BCUT2D eigenvalue weighted by atomic mass is 19.1. The molecule has 1 heterocycles. The number of amides is 1. The second kappa shape index (κ2) is 5.39.